The summed E-state index contributed by atoms with van der Waals surface area (Å²) in [6.07, 6.45) is 9.67. The Morgan fingerprint density at radius 3 is 2.63 bits per heavy atom. The molecule has 0 aromatic heterocycles. The van der Waals surface area contributed by atoms with Crippen molar-refractivity contribution in [3.05, 3.63) is 0 Å². The number of rotatable bonds is 2. The fourth-order valence-electron chi connectivity index (χ4n) is 5.05. The fourth-order valence-corrected chi connectivity index (χ4v) is 5.05. The van der Waals surface area contributed by atoms with Crippen LogP contribution in [0.1, 0.15) is 58.8 Å². The molecule has 0 aromatic rings. The van der Waals surface area contributed by atoms with E-state index >= 15 is 0 Å². The van der Waals surface area contributed by atoms with E-state index in [9.17, 15) is 0 Å². The third kappa shape index (κ3) is 2.05. The predicted octanol–water partition coefficient (Wildman–Crippen LogP) is 2.54. The van der Waals surface area contributed by atoms with Crippen molar-refractivity contribution >= 4 is 0 Å². The Bertz CT molecular complexity index is 329. The molecule has 3 rings (SSSR count). The van der Waals surface area contributed by atoms with Gasteiger partial charge in [-0.15, -0.1) is 0 Å². The van der Waals surface area contributed by atoms with Gasteiger partial charge in [-0.25, -0.2) is 0 Å². The summed E-state index contributed by atoms with van der Waals surface area (Å²) < 4.78 is 6.05. The number of ether oxygens (including phenoxy) is 1. The lowest BCUT2D eigenvalue weighted by Crippen LogP contribution is -2.68. The van der Waals surface area contributed by atoms with Crippen LogP contribution < -0.4 is 5.73 Å². The summed E-state index contributed by atoms with van der Waals surface area (Å²) in [6, 6.07) is 0.628. The van der Waals surface area contributed by atoms with Crippen LogP contribution in [0.2, 0.25) is 0 Å². The number of hydrogen-bond acceptors (Lipinski definition) is 3. The first-order valence-electron chi connectivity index (χ1n) is 8.19. The van der Waals surface area contributed by atoms with Gasteiger partial charge in [0.25, 0.3) is 0 Å². The molecule has 0 radical (unpaired) electrons. The van der Waals surface area contributed by atoms with E-state index < -0.39 is 0 Å². The highest BCUT2D eigenvalue weighted by atomic mass is 16.5. The van der Waals surface area contributed by atoms with Gasteiger partial charge in [0.1, 0.15) is 0 Å². The normalized spacial score (nSPS) is 43.1. The van der Waals surface area contributed by atoms with Crippen LogP contribution in [0.25, 0.3) is 0 Å². The zero-order valence-electron chi connectivity index (χ0n) is 12.7. The predicted molar refractivity (Wildman–Crippen MR) is 78.1 cm³/mol. The van der Waals surface area contributed by atoms with E-state index in [1.807, 2.05) is 0 Å². The molecule has 3 heteroatoms. The lowest BCUT2D eigenvalue weighted by Gasteiger charge is -2.56. The Balaban J connectivity index is 1.89. The van der Waals surface area contributed by atoms with Gasteiger partial charge in [0.2, 0.25) is 0 Å². The highest BCUT2D eigenvalue weighted by molar-refractivity contribution is 5.10. The number of nitrogens with two attached hydrogens (primary N) is 1. The van der Waals surface area contributed by atoms with E-state index in [0.29, 0.717) is 17.6 Å². The molecule has 0 spiro atoms. The van der Waals surface area contributed by atoms with E-state index in [1.54, 1.807) is 0 Å². The summed E-state index contributed by atoms with van der Waals surface area (Å²) in [4.78, 5) is 2.79. The minimum Gasteiger partial charge on any atom is -0.375 e. The van der Waals surface area contributed by atoms with Gasteiger partial charge in [0, 0.05) is 24.7 Å². The molecule has 19 heavy (non-hydrogen) atoms. The maximum absolute atomic E-state index is 6.31. The van der Waals surface area contributed by atoms with Crippen molar-refractivity contribution in [2.45, 2.75) is 76.5 Å². The monoisotopic (exact) mass is 266 g/mol. The third-order valence-electron chi connectivity index (χ3n) is 6.27. The van der Waals surface area contributed by atoms with Crippen molar-refractivity contribution in [1.29, 1.82) is 0 Å². The highest BCUT2D eigenvalue weighted by Crippen LogP contribution is 2.51. The van der Waals surface area contributed by atoms with Crippen LogP contribution in [0.3, 0.4) is 0 Å². The Hall–Kier alpha value is -0.120. The lowest BCUT2D eigenvalue weighted by molar-refractivity contribution is -0.144. The zero-order chi connectivity index (χ0) is 13.5. The molecule has 3 fully saturated rings. The molecular formula is C16H30N2O. The molecule has 3 unspecified atom stereocenters. The lowest BCUT2D eigenvalue weighted by atomic mass is 9.71. The Labute approximate surface area is 117 Å². The van der Waals surface area contributed by atoms with E-state index in [0.717, 1.165) is 19.7 Å². The van der Waals surface area contributed by atoms with Gasteiger partial charge in [-0.05, 0) is 31.1 Å². The van der Waals surface area contributed by atoms with Crippen molar-refractivity contribution in [2.24, 2.45) is 11.1 Å². The van der Waals surface area contributed by atoms with Crippen LogP contribution in [-0.2, 0) is 4.74 Å². The molecule has 110 valence electrons. The average Bonchev–Trinajstić information content (AvgIpc) is 2.73. The second-order valence-electron chi connectivity index (χ2n) is 7.43. The highest BCUT2D eigenvalue weighted by Gasteiger charge is 2.55. The summed E-state index contributed by atoms with van der Waals surface area (Å²) in [5.41, 5.74) is 6.88. The molecule has 0 aromatic carbocycles. The van der Waals surface area contributed by atoms with E-state index in [1.165, 1.54) is 44.9 Å². The van der Waals surface area contributed by atoms with Gasteiger partial charge in [0.05, 0.1) is 12.7 Å². The van der Waals surface area contributed by atoms with Crippen LogP contribution >= 0.6 is 0 Å². The quantitative estimate of drug-likeness (QED) is 0.835. The second-order valence-corrected chi connectivity index (χ2v) is 7.43. The molecule has 2 N–H and O–H groups in total. The fraction of sp³-hybridized carbons (Fsp3) is 1.00. The molecule has 0 bridgehead atoms. The first-order valence-corrected chi connectivity index (χ1v) is 8.19. The van der Waals surface area contributed by atoms with Gasteiger partial charge in [-0.3, -0.25) is 4.90 Å². The molecule has 2 saturated carbocycles. The molecule has 1 saturated heterocycles. The molecule has 3 atom stereocenters. The summed E-state index contributed by atoms with van der Waals surface area (Å²) in [6.45, 7) is 7.66. The summed E-state index contributed by atoms with van der Waals surface area (Å²) in [5, 5.41) is 0. The first kappa shape index (κ1) is 13.8. The van der Waals surface area contributed by atoms with E-state index in [4.69, 9.17) is 10.5 Å². The van der Waals surface area contributed by atoms with Crippen molar-refractivity contribution in [3.63, 3.8) is 0 Å². The third-order valence-corrected chi connectivity index (χ3v) is 6.27. The maximum atomic E-state index is 6.31. The minimum atomic E-state index is 0.219. The van der Waals surface area contributed by atoms with E-state index in [2.05, 4.69) is 18.7 Å². The molecule has 3 aliphatic rings. The van der Waals surface area contributed by atoms with Crippen LogP contribution in [-0.4, -0.2) is 42.3 Å². The summed E-state index contributed by atoms with van der Waals surface area (Å²) in [5.74, 6) is 0. The zero-order valence-corrected chi connectivity index (χ0v) is 12.7. The Morgan fingerprint density at radius 2 is 1.95 bits per heavy atom. The average molecular weight is 266 g/mol. The van der Waals surface area contributed by atoms with Gasteiger partial charge in [-0.2, -0.15) is 0 Å². The van der Waals surface area contributed by atoms with Gasteiger partial charge in [-0.1, -0.05) is 33.1 Å². The minimum absolute atomic E-state index is 0.219. The Kier molecular flexibility index (Phi) is 3.65. The van der Waals surface area contributed by atoms with Crippen molar-refractivity contribution in [2.75, 3.05) is 19.7 Å². The van der Waals surface area contributed by atoms with Crippen molar-refractivity contribution in [1.82, 2.24) is 4.90 Å². The molecule has 0 amide bonds. The van der Waals surface area contributed by atoms with Crippen molar-refractivity contribution < 1.29 is 4.74 Å². The number of fused-ring (bicyclic) bond motifs is 1. The maximum Gasteiger partial charge on any atom is 0.0731 e. The van der Waals surface area contributed by atoms with Gasteiger partial charge in [0.15, 0.2) is 0 Å². The topological polar surface area (TPSA) is 38.5 Å². The van der Waals surface area contributed by atoms with Crippen LogP contribution in [0.4, 0.5) is 0 Å². The number of nitrogens with zero attached hydrogens (tertiary/aromatic N) is 1. The smallest absolute Gasteiger partial charge is 0.0731 e. The molecule has 3 nitrogen and oxygen atoms in total. The summed E-state index contributed by atoms with van der Waals surface area (Å²) in [7, 11) is 0. The first-order chi connectivity index (χ1) is 9.11. The molecule has 1 heterocycles. The molecule has 1 aliphatic heterocycles. The second kappa shape index (κ2) is 5.01. The molecular weight excluding hydrogens is 236 g/mol. The summed E-state index contributed by atoms with van der Waals surface area (Å²) >= 11 is 0. The van der Waals surface area contributed by atoms with Crippen LogP contribution in [0.15, 0.2) is 0 Å². The standard InChI is InChI=1S/C16H30N2O/c1-15(2)8-5-9-16(15,12-17)18-10-11-19-14-7-4-3-6-13(14)18/h13-14H,3-12,17H2,1-2H3. The van der Waals surface area contributed by atoms with E-state index in [-0.39, 0.29) is 5.54 Å². The van der Waals surface area contributed by atoms with Crippen LogP contribution in [0, 0.1) is 5.41 Å². The molecule has 2 aliphatic carbocycles. The van der Waals surface area contributed by atoms with Crippen LogP contribution in [0.5, 0.6) is 0 Å². The largest absolute Gasteiger partial charge is 0.375 e. The number of hydrogen-bond donors (Lipinski definition) is 1. The van der Waals surface area contributed by atoms with Crippen molar-refractivity contribution in [3.8, 4) is 0 Å². The number of morpholine rings is 1. The van der Waals surface area contributed by atoms with Gasteiger partial charge >= 0.3 is 0 Å². The SMILES string of the molecule is CC1(C)CCCC1(CN)N1CCOC2CCCCC21. The Morgan fingerprint density at radius 1 is 1.16 bits per heavy atom. The van der Waals surface area contributed by atoms with Gasteiger partial charge < -0.3 is 10.5 Å².